The SMILES string of the molecule is O=C1CCC(CC(F)(F)F)c2cc3cccc(Br)c3n21. The van der Waals surface area contributed by atoms with Crippen molar-refractivity contribution in [3.8, 4) is 0 Å². The van der Waals surface area contributed by atoms with Crippen LogP contribution in [0.3, 0.4) is 0 Å². The van der Waals surface area contributed by atoms with Gasteiger partial charge in [0.25, 0.3) is 0 Å². The van der Waals surface area contributed by atoms with Crippen molar-refractivity contribution in [1.29, 1.82) is 0 Å². The van der Waals surface area contributed by atoms with E-state index in [1.54, 1.807) is 12.1 Å². The zero-order valence-corrected chi connectivity index (χ0v) is 12.0. The van der Waals surface area contributed by atoms with Gasteiger partial charge in [-0.1, -0.05) is 12.1 Å². The summed E-state index contributed by atoms with van der Waals surface area (Å²) in [5.41, 5.74) is 1.14. The maximum absolute atomic E-state index is 12.7. The fourth-order valence-corrected chi connectivity index (χ4v) is 3.41. The van der Waals surface area contributed by atoms with Crippen molar-refractivity contribution in [2.24, 2.45) is 0 Å². The van der Waals surface area contributed by atoms with Gasteiger partial charge in [-0.25, -0.2) is 0 Å². The number of carbonyl (C=O) groups excluding carboxylic acids is 1. The minimum absolute atomic E-state index is 0.139. The molecule has 0 amide bonds. The van der Waals surface area contributed by atoms with E-state index in [1.807, 2.05) is 12.1 Å². The van der Waals surface area contributed by atoms with Gasteiger partial charge in [0, 0.05) is 27.9 Å². The molecule has 2 heterocycles. The van der Waals surface area contributed by atoms with Gasteiger partial charge < -0.3 is 0 Å². The molecule has 2 nitrogen and oxygen atoms in total. The molecule has 0 N–H and O–H groups in total. The lowest BCUT2D eigenvalue weighted by atomic mass is 9.92. The molecular formula is C14H11BrF3NO. The summed E-state index contributed by atoms with van der Waals surface area (Å²) in [6, 6.07) is 7.11. The van der Waals surface area contributed by atoms with E-state index in [9.17, 15) is 18.0 Å². The van der Waals surface area contributed by atoms with Gasteiger partial charge in [-0.3, -0.25) is 9.36 Å². The summed E-state index contributed by atoms with van der Waals surface area (Å²) in [5, 5.41) is 0.789. The summed E-state index contributed by atoms with van der Waals surface area (Å²) in [7, 11) is 0. The van der Waals surface area contributed by atoms with Crippen LogP contribution in [0.15, 0.2) is 28.7 Å². The predicted molar refractivity (Wildman–Crippen MR) is 72.9 cm³/mol. The highest BCUT2D eigenvalue weighted by molar-refractivity contribution is 9.10. The Labute approximate surface area is 121 Å². The van der Waals surface area contributed by atoms with Crippen molar-refractivity contribution in [1.82, 2.24) is 4.57 Å². The first-order valence-corrected chi connectivity index (χ1v) is 7.06. The molecule has 0 saturated carbocycles. The first-order valence-electron chi connectivity index (χ1n) is 6.26. The van der Waals surface area contributed by atoms with Gasteiger partial charge in [0.15, 0.2) is 0 Å². The fraction of sp³-hybridized carbons (Fsp3) is 0.357. The van der Waals surface area contributed by atoms with Crippen LogP contribution < -0.4 is 0 Å². The molecule has 1 unspecified atom stereocenters. The minimum atomic E-state index is -4.22. The highest BCUT2D eigenvalue weighted by Gasteiger charge is 2.37. The second kappa shape index (κ2) is 4.62. The Morgan fingerprint density at radius 3 is 2.80 bits per heavy atom. The number of benzene rings is 1. The first kappa shape index (κ1) is 13.7. The molecule has 0 bridgehead atoms. The molecule has 2 aromatic rings. The lowest BCUT2D eigenvalue weighted by Gasteiger charge is -2.25. The number of aromatic nitrogens is 1. The molecular weight excluding hydrogens is 335 g/mol. The highest BCUT2D eigenvalue weighted by atomic mass is 79.9. The number of rotatable bonds is 1. The van der Waals surface area contributed by atoms with Crippen LogP contribution in [0.25, 0.3) is 10.9 Å². The van der Waals surface area contributed by atoms with E-state index < -0.39 is 18.5 Å². The molecule has 1 atom stereocenters. The maximum atomic E-state index is 12.7. The largest absolute Gasteiger partial charge is 0.389 e. The number of carbonyl (C=O) groups is 1. The van der Waals surface area contributed by atoms with Crippen LogP contribution in [-0.2, 0) is 0 Å². The van der Waals surface area contributed by atoms with Crippen LogP contribution in [0, 0.1) is 0 Å². The molecule has 1 aliphatic rings. The topological polar surface area (TPSA) is 22.0 Å². The van der Waals surface area contributed by atoms with Crippen molar-refractivity contribution in [3.63, 3.8) is 0 Å². The fourth-order valence-electron chi connectivity index (χ4n) is 2.85. The third-order valence-corrected chi connectivity index (χ3v) is 4.30. The molecule has 0 saturated heterocycles. The van der Waals surface area contributed by atoms with Crippen LogP contribution in [0.4, 0.5) is 13.2 Å². The molecule has 20 heavy (non-hydrogen) atoms. The highest BCUT2D eigenvalue weighted by Crippen LogP contribution is 2.41. The molecule has 1 aliphatic heterocycles. The van der Waals surface area contributed by atoms with Gasteiger partial charge in [0.05, 0.1) is 11.9 Å². The number of hydrogen-bond acceptors (Lipinski definition) is 1. The van der Waals surface area contributed by atoms with Crippen molar-refractivity contribution >= 4 is 32.7 Å². The summed E-state index contributed by atoms with van der Waals surface area (Å²) >= 11 is 3.37. The maximum Gasteiger partial charge on any atom is 0.389 e. The smallest absolute Gasteiger partial charge is 0.283 e. The average molecular weight is 346 g/mol. The lowest BCUT2D eigenvalue weighted by molar-refractivity contribution is -0.139. The van der Waals surface area contributed by atoms with Crippen LogP contribution in [0.1, 0.15) is 35.7 Å². The average Bonchev–Trinajstić information content (AvgIpc) is 2.73. The lowest BCUT2D eigenvalue weighted by Crippen LogP contribution is -2.25. The van der Waals surface area contributed by atoms with E-state index in [2.05, 4.69) is 15.9 Å². The Morgan fingerprint density at radius 1 is 1.35 bits per heavy atom. The van der Waals surface area contributed by atoms with Crippen LogP contribution in [0.2, 0.25) is 0 Å². The summed E-state index contributed by atoms with van der Waals surface area (Å²) in [6.07, 6.45) is -4.69. The second-order valence-corrected chi connectivity index (χ2v) is 5.89. The Balaban J connectivity index is 2.18. The Kier molecular flexibility index (Phi) is 3.16. The Morgan fingerprint density at radius 2 is 2.10 bits per heavy atom. The number of nitrogens with zero attached hydrogens (tertiary/aromatic N) is 1. The number of hydrogen-bond donors (Lipinski definition) is 0. The van der Waals surface area contributed by atoms with Gasteiger partial charge >= 0.3 is 6.18 Å². The zero-order valence-electron chi connectivity index (χ0n) is 10.4. The molecule has 1 aromatic carbocycles. The number of para-hydroxylation sites is 1. The summed E-state index contributed by atoms with van der Waals surface area (Å²) in [6.45, 7) is 0. The van der Waals surface area contributed by atoms with Gasteiger partial charge in [0.1, 0.15) is 0 Å². The molecule has 106 valence electrons. The van der Waals surface area contributed by atoms with Gasteiger partial charge in [-0.2, -0.15) is 13.2 Å². The van der Waals surface area contributed by atoms with E-state index in [4.69, 9.17) is 0 Å². The normalized spacial score (nSPS) is 19.4. The van der Waals surface area contributed by atoms with Crippen molar-refractivity contribution in [2.75, 3.05) is 0 Å². The summed E-state index contributed by atoms with van der Waals surface area (Å²) in [4.78, 5) is 12.1. The molecule has 0 radical (unpaired) electrons. The molecule has 1 aromatic heterocycles. The van der Waals surface area contributed by atoms with Gasteiger partial charge in [0.2, 0.25) is 5.91 Å². The standard InChI is InChI=1S/C14H11BrF3NO/c15-10-3-1-2-8-6-11-9(7-14(16,17)18)4-5-12(20)19(11)13(8)10/h1-3,6,9H,4-5,7H2. The number of alkyl halides is 3. The monoisotopic (exact) mass is 345 g/mol. The molecule has 0 spiro atoms. The number of halogens is 4. The van der Waals surface area contributed by atoms with Crippen molar-refractivity contribution in [2.45, 2.75) is 31.4 Å². The van der Waals surface area contributed by atoms with Gasteiger partial charge in [-0.15, -0.1) is 0 Å². The molecule has 3 rings (SSSR count). The summed E-state index contributed by atoms with van der Waals surface area (Å²) < 4.78 is 40.2. The predicted octanol–water partition coefficient (Wildman–Crippen LogP) is 4.87. The third kappa shape index (κ3) is 2.26. The van der Waals surface area contributed by atoms with Crippen molar-refractivity contribution < 1.29 is 18.0 Å². The molecule has 6 heteroatoms. The van der Waals surface area contributed by atoms with Crippen LogP contribution >= 0.6 is 15.9 Å². The zero-order chi connectivity index (χ0) is 14.5. The van der Waals surface area contributed by atoms with E-state index in [0.717, 1.165) is 9.86 Å². The van der Waals surface area contributed by atoms with E-state index in [1.165, 1.54) is 4.57 Å². The van der Waals surface area contributed by atoms with E-state index >= 15 is 0 Å². The Hall–Kier alpha value is -1.30. The molecule has 0 fully saturated rings. The quantitative estimate of drug-likeness (QED) is 0.722. The molecule has 0 aliphatic carbocycles. The van der Waals surface area contributed by atoms with Crippen LogP contribution in [0.5, 0.6) is 0 Å². The third-order valence-electron chi connectivity index (χ3n) is 3.66. The van der Waals surface area contributed by atoms with Gasteiger partial charge in [-0.05, 0) is 34.5 Å². The Bertz CT molecular complexity index is 690. The number of fused-ring (bicyclic) bond motifs is 3. The summed E-state index contributed by atoms with van der Waals surface area (Å²) in [5.74, 6) is -0.785. The minimum Gasteiger partial charge on any atom is -0.283 e. The van der Waals surface area contributed by atoms with Crippen LogP contribution in [-0.4, -0.2) is 16.7 Å². The van der Waals surface area contributed by atoms with E-state index in [-0.39, 0.29) is 18.7 Å². The first-order chi connectivity index (χ1) is 9.37. The van der Waals surface area contributed by atoms with E-state index in [0.29, 0.717) is 11.2 Å². The second-order valence-electron chi connectivity index (χ2n) is 5.03. The van der Waals surface area contributed by atoms with Crippen molar-refractivity contribution in [3.05, 3.63) is 34.4 Å².